The lowest BCUT2D eigenvalue weighted by molar-refractivity contribution is -0.114. The van der Waals surface area contributed by atoms with E-state index < -0.39 is 75.1 Å². The first-order chi connectivity index (χ1) is 11.5. The molecule has 0 aliphatic heterocycles. The number of hydrogen-bond acceptors (Lipinski definition) is 1. The van der Waals surface area contributed by atoms with E-state index in [0.717, 1.165) is 6.92 Å². The number of carbonyl (C=O) groups is 1. The van der Waals surface area contributed by atoms with Crippen molar-refractivity contribution in [3.8, 4) is 11.1 Å². The van der Waals surface area contributed by atoms with Gasteiger partial charge in [-0.15, -0.1) is 0 Å². The number of carbonyl (C=O) groups excluding carboxylic acids is 1. The zero-order chi connectivity index (χ0) is 19.2. The van der Waals surface area contributed by atoms with Crippen molar-refractivity contribution in [3.63, 3.8) is 0 Å². The van der Waals surface area contributed by atoms with Crippen LogP contribution in [-0.4, -0.2) is 5.91 Å². The summed E-state index contributed by atoms with van der Waals surface area (Å²) in [5, 5.41) is 1.40. The van der Waals surface area contributed by atoms with Crippen LogP contribution in [0.1, 0.15) is 6.92 Å². The molecule has 0 spiro atoms. The summed E-state index contributed by atoms with van der Waals surface area (Å²) in [7, 11) is 0. The number of benzene rings is 2. The van der Waals surface area contributed by atoms with E-state index in [0.29, 0.717) is 0 Å². The van der Waals surface area contributed by atoms with Gasteiger partial charge >= 0.3 is 0 Å². The van der Waals surface area contributed by atoms with Crippen molar-refractivity contribution in [1.82, 2.24) is 0 Å². The van der Waals surface area contributed by atoms with E-state index in [4.69, 9.17) is 0 Å². The second-order valence-electron chi connectivity index (χ2n) is 4.63. The van der Waals surface area contributed by atoms with Crippen molar-refractivity contribution in [2.75, 3.05) is 5.32 Å². The first kappa shape index (κ1) is 18.6. The Hall–Kier alpha value is -2.72. The fraction of sp³-hybridized carbons (Fsp3) is 0.0714. The summed E-state index contributed by atoms with van der Waals surface area (Å²) < 4.78 is 122. The number of anilines is 1. The Bertz CT molecular complexity index is 852. The van der Waals surface area contributed by atoms with E-state index in [1.165, 1.54) is 5.32 Å². The van der Waals surface area contributed by atoms with Crippen molar-refractivity contribution in [1.29, 1.82) is 0 Å². The average Bonchev–Trinajstić information content (AvgIpc) is 2.56. The third kappa shape index (κ3) is 2.79. The molecule has 0 saturated heterocycles. The lowest BCUT2D eigenvalue weighted by Gasteiger charge is -2.14. The van der Waals surface area contributed by atoms with E-state index in [9.17, 15) is 44.3 Å². The third-order valence-corrected chi connectivity index (χ3v) is 3.02. The lowest BCUT2D eigenvalue weighted by atomic mass is 10.0. The Morgan fingerprint density at radius 3 is 1.16 bits per heavy atom. The molecule has 1 amide bonds. The molecule has 0 atom stereocenters. The van der Waals surface area contributed by atoms with Crippen LogP contribution in [-0.2, 0) is 4.79 Å². The molecule has 11 heteroatoms. The molecule has 25 heavy (non-hydrogen) atoms. The average molecular weight is 373 g/mol. The van der Waals surface area contributed by atoms with Crippen LogP contribution in [0.15, 0.2) is 0 Å². The minimum absolute atomic E-state index is 0.729. The number of hydrogen-bond donors (Lipinski definition) is 1. The molecule has 0 bridgehead atoms. The van der Waals surface area contributed by atoms with E-state index in [2.05, 4.69) is 0 Å². The molecule has 0 aliphatic rings. The van der Waals surface area contributed by atoms with E-state index in [1.54, 1.807) is 0 Å². The molecule has 2 nitrogen and oxygen atoms in total. The molecule has 0 unspecified atom stereocenters. The molecular weight excluding hydrogens is 369 g/mol. The van der Waals surface area contributed by atoms with Crippen LogP contribution < -0.4 is 5.32 Å². The first-order valence-corrected chi connectivity index (χ1v) is 6.15. The molecule has 2 aromatic carbocycles. The number of halogens is 9. The van der Waals surface area contributed by atoms with Gasteiger partial charge in [-0.1, -0.05) is 0 Å². The minimum atomic E-state index is -2.65. The highest BCUT2D eigenvalue weighted by Gasteiger charge is 2.34. The summed E-state index contributed by atoms with van der Waals surface area (Å²) >= 11 is 0. The van der Waals surface area contributed by atoms with Gasteiger partial charge in [0.2, 0.25) is 11.7 Å². The van der Waals surface area contributed by atoms with Crippen molar-refractivity contribution < 1.29 is 44.3 Å². The van der Waals surface area contributed by atoms with Gasteiger partial charge in [-0.2, -0.15) is 0 Å². The van der Waals surface area contributed by atoms with Gasteiger partial charge in [0, 0.05) is 6.92 Å². The quantitative estimate of drug-likeness (QED) is 0.467. The maximum atomic E-state index is 14.0. The predicted octanol–water partition coefficient (Wildman–Crippen LogP) is 4.56. The maximum absolute atomic E-state index is 14.0. The molecule has 2 rings (SSSR count). The van der Waals surface area contributed by atoms with Gasteiger partial charge in [0.05, 0.1) is 11.1 Å². The van der Waals surface area contributed by atoms with Crippen molar-refractivity contribution in [3.05, 3.63) is 52.4 Å². The van der Waals surface area contributed by atoms with Crippen LogP contribution >= 0.6 is 0 Å². The Labute approximate surface area is 132 Å². The highest BCUT2D eigenvalue weighted by molar-refractivity contribution is 5.89. The summed E-state index contributed by atoms with van der Waals surface area (Å²) in [6.45, 7) is 0.729. The van der Waals surface area contributed by atoms with Crippen molar-refractivity contribution in [2.24, 2.45) is 0 Å². The Balaban J connectivity index is 2.94. The fourth-order valence-electron chi connectivity index (χ4n) is 1.96. The van der Waals surface area contributed by atoms with Crippen LogP contribution in [0.25, 0.3) is 11.1 Å². The van der Waals surface area contributed by atoms with Gasteiger partial charge in [-0.3, -0.25) is 4.79 Å². The topological polar surface area (TPSA) is 29.1 Å². The van der Waals surface area contributed by atoms with Gasteiger partial charge in [0.1, 0.15) is 5.69 Å². The molecular formula is C14H4F9NO. The molecule has 0 fully saturated rings. The van der Waals surface area contributed by atoms with Gasteiger partial charge in [0.25, 0.3) is 0 Å². The van der Waals surface area contributed by atoms with Crippen LogP contribution in [0.5, 0.6) is 0 Å². The second kappa shape index (κ2) is 6.30. The van der Waals surface area contributed by atoms with Crippen LogP contribution in [0.4, 0.5) is 45.2 Å². The predicted molar refractivity (Wildman–Crippen MR) is 65.8 cm³/mol. The van der Waals surface area contributed by atoms with Crippen LogP contribution in [0.2, 0.25) is 0 Å². The van der Waals surface area contributed by atoms with Gasteiger partial charge < -0.3 is 5.32 Å². The van der Waals surface area contributed by atoms with E-state index >= 15 is 0 Å². The smallest absolute Gasteiger partial charge is 0.221 e. The fourth-order valence-corrected chi connectivity index (χ4v) is 1.96. The monoisotopic (exact) mass is 373 g/mol. The molecule has 2 aromatic rings. The summed E-state index contributed by atoms with van der Waals surface area (Å²) in [5.74, 6) is -23.8. The zero-order valence-electron chi connectivity index (χ0n) is 11.8. The van der Waals surface area contributed by atoms with Gasteiger partial charge in [0.15, 0.2) is 46.5 Å². The van der Waals surface area contributed by atoms with Crippen LogP contribution in [0, 0.1) is 52.4 Å². The Morgan fingerprint density at radius 2 is 0.840 bits per heavy atom. The molecule has 0 saturated carbocycles. The maximum Gasteiger partial charge on any atom is 0.221 e. The Morgan fingerprint density at radius 1 is 0.560 bits per heavy atom. The van der Waals surface area contributed by atoms with Crippen molar-refractivity contribution in [2.45, 2.75) is 6.92 Å². The standard InChI is InChI=1S/C14H4F9NO/c1-2(25)24-14-12(22)7(17)4(8(18)13(14)23)3-5(15)9(19)11(21)10(20)6(3)16/h1H3,(H,24,25). The molecule has 0 radical (unpaired) electrons. The second-order valence-corrected chi connectivity index (χ2v) is 4.63. The number of rotatable bonds is 2. The van der Waals surface area contributed by atoms with E-state index in [-0.39, 0.29) is 0 Å². The highest BCUT2D eigenvalue weighted by atomic mass is 19.2. The van der Waals surface area contributed by atoms with Crippen LogP contribution in [0.3, 0.4) is 0 Å². The molecule has 0 aromatic heterocycles. The van der Waals surface area contributed by atoms with E-state index in [1.807, 2.05) is 0 Å². The minimum Gasteiger partial charge on any atom is -0.321 e. The zero-order valence-corrected chi connectivity index (χ0v) is 11.8. The normalized spacial score (nSPS) is 11.0. The van der Waals surface area contributed by atoms with Crippen molar-refractivity contribution >= 4 is 11.6 Å². The number of nitrogens with one attached hydrogen (secondary N) is 1. The largest absolute Gasteiger partial charge is 0.321 e. The molecule has 1 N–H and O–H groups in total. The third-order valence-electron chi connectivity index (χ3n) is 3.02. The summed E-state index contributed by atoms with van der Waals surface area (Å²) in [6.07, 6.45) is 0. The summed E-state index contributed by atoms with van der Waals surface area (Å²) in [5.41, 5.74) is -5.98. The first-order valence-electron chi connectivity index (χ1n) is 6.15. The molecule has 0 aliphatic carbocycles. The molecule has 134 valence electrons. The number of amides is 1. The van der Waals surface area contributed by atoms with Gasteiger partial charge in [-0.25, -0.2) is 39.5 Å². The molecule has 0 heterocycles. The summed E-state index contributed by atoms with van der Waals surface area (Å²) in [4.78, 5) is 10.8. The lowest BCUT2D eigenvalue weighted by Crippen LogP contribution is -2.14. The SMILES string of the molecule is CC(=O)Nc1c(F)c(F)c(-c2c(F)c(F)c(F)c(F)c2F)c(F)c1F. The highest BCUT2D eigenvalue weighted by Crippen LogP contribution is 2.39. The summed E-state index contributed by atoms with van der Waals surface area (Å²) in [6, 6.07) is 0. The Kier molecular flexibility index (Phi) is 4.69. The van der Waals surface area contributed by atoms with Gasteiger partial charge in [-0.05, 0) is 0 Å².